The van der Waals surface area contributed by atoms with Gasteiger partial charge in [0, 0.05) is 10.6 Å². The minimum absolute atomic E-state index is 0.205. The first-order valence-electron chi connectivity index (χ1n) is 13.1. The van der Waals surface area contributed by atoms with Gasteiger partial charge in [-0.05, 0) is 66.6 Å². The Morgan fingerprint density at radius 2 is 1.57 bits per heavy atom. The number of amides is 4. The van der Waals surface area contributed by atoms with Crippen LogP contribution in [-0.4, -0.2) is 25.0 Å². The van der Waals surface area contributed by atoms with Crippen LogP contribution in [0.4, 0.5) is 10.5 Å². The molecule has 8 nitrogen and oxygen atoms in total. The van der Waals surface area contributed by atoms with Crippen molar-refractivity contribution in [2.75, 3.05) is 12.0 Å². The first-order chi connectivity index (χ1) is 20.3. The highest BCUT2D eigenvalue weighted by atomic mass is 35.5. The van der Waals surface area contributed by atoms with E-state index in [0.29, 0.717) is 34.4 Å². The average molecular weight is 583 g/mol. The molecule has 4 amide bonds. The van der Waals surface area contributed by atoms with Crippen LogP contribution in [0.3, 0.4) is 0 Å². The Balaban J connectivity index is 1.31. The van der Waals surface area contributed by atoms with Gasteiger partial charge in [-0.2, -0.15) is 0 Å². The summed E-state index contributed by atoms with van der Waals surface area (Å²) in [6.45, 7) is 2.62. The Labute approximate surface area is 248 Å². The van der Waals surface area contributed by atoms with Crippen molar-refractivity contribution in [3.63, 3.8) is 0 Å². The van der Waals surface area contributed by atoms with Crippen LogP contribution in [0.1, 0.15) is 22.3 Å². The Bertz CT molecular complexity index is 1670. The van der Waals surface area contributed by atoms with Gasteiger partial charge in [-0.3, -0.25) is 14.9 Å². The maximum atomic E-state index is 13.4. The first-order valence-corrected chi connectivity index (χ1v) is 13.4. The molecule has 0 aliphatic carbocycles. The van der Waals surface area contributed by atoms with E-state index in [1.165, 1.54) is 13.2 Å². The van der Waals surface area contributed by atoms with Gasteiger partial charge >= 0.3 is 6.03 Å². The number of nitrogens with one attached hydrogen (secondary N) is 1. The fourth-order valence-electron chi connectivity index (χ4n) is 4.27. The number of hydrogen-bond acceptors (Lipinski definition) is 6. The average Bonchev–Trinajstić information content (AvgIpc) is 2.99. The summed E-state index contributed by atoms with van der Waals surface area (Å²) < 4.78 is 17.2. The molecule has 4 aromatic rings. The standard InChI is InChI=1S/C33H27ClN2O6/c1-21-7-9-22(10-8-21)19-42-29-16-11-23(18-30(29)40-2)17-27-31(37)35-33(39)36(32(27)38)25-12-14-26(15-13-25)41-20-24-5-3-4-6-28(24)34/h3-18H,19-20H2,1-2H3,(H,35,37,39)/b27-17+. The molecule has 0 saturated carbocycles. The molecule has 0 bridgehead atoms. The van der Waals surface area contributed by atoms with Crippen molar-refractivity contribution in [2.24, 2.45) is 0 Å². The maximum absolute atomic E-state index is 13.4. The molecule has 0 spiro atoms. The lowest BCUT2D eigenvalue weighted by Gasteiger charge is -2.26. The van der Waals surface area contributed by atoms with Crippen molar-refractivity contribution in [2.45, 2.75) is 20.1 Å². The zero-order valence-corrected chi connectivity index (χ0v) is 23.7. The van der Waals surface area contributed by atoms with Gasteiger partial charge in [0.1, 0.15) is 24.5 Å². The summed E-state index contributed by atoms with van der Waals surface area (Å²) in [5, 5.41) is 2.83. The number of methoxy groups -OCH3 is 1. The van der Waals surface area contributed by atoms with Crippen molar-refractivity contribution in [1.29, 1.82) is 0 Å². The topological polar surface area (TPSA) is 94.2 Å². The predicted molar refractivity (Wildman–Crippen MR) is 160 cm³/mol. The van der Waals surface area contributed by atoms with Crippen molar-refractivity contribution in [1.82, 2.24) is 5.32 Å². The second-order valence-electron chi connectivity index (χ2n) is 9.52. The smallest absolute Gasteiger partial charge is 0.335 e. The molecule has 42 heavy (non-hydrogen) atoms. The van der Waals surface area contributed by atoms with Crippen molar-refractivity contribution < 1.29 is 28.6 Å². The highest BCUT2D eigenvalue weighted by Gasteiger charge is 2.36. The molecule has 212 valence electrons. The van der Waals surface area contributed by atoms with E-state index in [2.05, 4.69) is 5.32 Å². The van der Waals surface area contributed by atoms with Crippen LogP contribution >= 0.6 is 11.6 Å². The zero-order valence-electron chi connectivity index (χ0n) is 22.9. The minimum atomic E-state index is -0.843. The van der Waals surface area contributed by atoms with Gasteiger partial charge in [-0.15, -0.1) is 0 Å². The molecule has 1 saturated heterocycles. The highest BCUT2D eigenvalue weighted by Crippen LogP contribution is 2.31. The molecule has 1 aliphatic heterocycles. The van der Waals surface area contributed by atoms with E-state index >= 15 is 0 Å². The molecule has 1 fully saturated rings. The monoisotopic (exact) mass is 582 g/mol. The van der Waals surface area contributed by atoms with Gasteiger partial charge in [0.05, 0.1) is 12.8 Å². The lowest BCUT2D eigenvalue weighted by atomic mass is 10.1. The number of halogens is 1. The second kappa shape index (κ2) is 12.6. The number of barbiturate groups is 1. The number of ether oxygens (including phenoxy) is 3. The lowest BCUT2D eigenvalue weighted by molar-refractivity contribution is -0.122. The van der Waals surface area contributed by atoms with Gasteiger partial charge in [0.25, 0.3) is 11.8 Å². The maximum Gasteiger partial charge on any atom is 0.335 e. The van der Waals surface area contributed by atoms with E-state index in [1.807, 2.05) is 49.4 Å². The molecule has 1 aliphatic rings. The number of rotatable bonds is 9. The number of imide groups is 2. The van der Waals surface area contributed by atoms with Gasteiger partial charge in [-0.25, -0.2) is 9.69 Å². The summed E-state index contributed by atoms with van der Waals surface area (Å²) in [6.07, 6.45) is 1.41. The zero-order chi connectivity index (χ0) is 29.6. The summed E-state index contributed by atoms with van der Waals surface area (Å²) >= 11 is 6.18. The van der Waals surface area contributed by atoms with E-state index in [-0.39, 0.29) is 17.9 Å². The Morgan fingerprint density at radius 1 is 0.833 bits per heavy atom. The quantitative estimate of drug-likeness (QED) is 0.179. The van der Waals surface area contributed by atoms with Crippen molar-refractivity contribution >= 4 is 41.2 Å². The summed E-state index contributed by atoms with van der Waals surface area (Å²) in [5.41, 5.74) is 3.58. The van der Waals surface area contributed by atoms with Crippen molar-refractivity contribution in [3.05, 3.63) is 124 Å². The molecule has 0 radical (unpaired) electrons. The van der Waals surface area contributed by atoms with Crippen molar-refractivity contribution in [3.8, 4) is 17.2 Å². The van der Waals surface area contributed by atoms with Crippen LogP contribution in [0, 0.1) is 6.92 Å². The number of hydrogen-bond donors (Lipinski definition) is 1. The molecular weight excluding hydrogens is 556 g/mol. The van der Waals surface area contributed by atoms with Gasteiger partial charge in [0.2, 0.25) is 0 Å². The summed E-state index contributed by atoms with van der Waals surface area (Å²) in [4.78, 5) is 39.6. The van der Waals surface area contributed by atoms with Gasteiger partial charge < -0.3 is 14.2 Å². The third-order valence-electron chi connectivity index (χ3n) is 6.56. The van der Waals surface area contributed by atoms with Crippen LogP contribution in [0.15, 0.2) is 96.6 Å². The molecule has 9 heteroatoms. The van der Waals surface area contributed by atoms with Crippen LogP contribution in [0.2, 0.25) is 5.02 Å². The number of carbonyl (C=O) groups is 3. The molecule has 0 atom stereocenters. The van der Waals surface area contributed by atoms with Crippen LogP contribution in [-0.2, 0) is 22.8 Å². The molecule has 5 rings (SSSR count). The normalized spacial score (nSPS) is 14.1. The molecular formula is C33H27ClN2O6. The summed E-state index contributed by atoms with van der Waals surface area (Å²) in [5.74, 6) is -0.0901. The minimum Gasteiger partial charge on any atom is -0.493 e. The van der Waals surface area contributed by atoms with E-state index in [0.717, 1.165) is 21.6 Å². The highest BCUT2D eigenvalue weighted by molar-refractivity contribution is 6.39. The largest absolute Gasteiger partial charge is 0.493 e. The van der Waals surface area contributed by atoms with E-state index in [4.69, 9.17) is 25.8 Å². The van der Waals surface area contributed by atoms with E-state index < -0.39 is 17.8 Å². The number of aryl methyl sites for hydroxylation is 1. The number of benzene rings is 4. The van der Waals surface area contributed by atoms with E-state index in [1.54, 1.807) is 48.5 Å². The van der Waals surface area contributed by atoms with E-state index in [9.17, 15) is 14.4 Å². The Morgan fingerprint density at radius 3 is 2.29 bits per heavy atom. The fraction of sp³-hybridized carbons (Fsp3) is 0.121. The molecule has 0 aromatic heterocycles. The number of nitrogens with zero attached hydrogens (tertiary/aromatic N) is 1. The molecule has 0 unspecified atom stereocenters. The Kier molecular flexibility index (Phi) is 8.55. The molecule has 4 aromatic carbocycles. The first kappa shape index (κ1) is 28.4. The third kappa shape index (κ3) is 6.45. The predicted octanol–water partition coefficient (Wildman–Crippen LogP) is 6.48. The SMILES string of the molecule is COc1cc(/C=C2\C(=O)NC(=O)N(c3ccc(OCc4ccccc4Cl)cc3)C2=O)ccc1OCc1ccc(C)cc1. The molecule has 1 N–H and O–H groups in total. The summed E-state index contributed by atoms with van der Waals surface area (Å²) in [6, 6.07) is 26.0. The van der Waals surface area contributed by atoms with Crippen LogP contribution < -0.4 is 24.4 Å². The fourth-order valence-corrected chi connectivity index (χ4v) is 4.46. The van der Waals surface area contributed by atoms with Crippen LogP contribution in [0.5, 0.6) is 17.2 Å². The number of anilines is 1. The second-order valence-corrected chi connectivity index (χ2v) is 9.92. The third-order valence-corrected chi connectivity index (χ3v) is 6.93. The van der Waals surface area contributed by atoms with Crippen LogP contribution in [0.25, 0.3) is 6.08 Å². The van der Waals surface area contributed by atoms with Gasteiger partial charge in [-0.1, -0.05) is 65.7 Å². The lowest BCUT2D eigenvalue weighted by Crippen LogP contribution is -2.54. The molecule has 1 heterocycles. The number of urea groups is 1. The Hall–Kier alpha value is -5.08. The van der Waals surface area contributed by atoms with Gasteiger partial charge in [0.15, 0.2) is 11.5 Å². The summed E-state index contributed by atoms with van der Waals surface area (Å²) in [7, 11) is 1.51. The number of carbonyl (C=O) groups excluding carboxylic acids is 3.